The Bertz CT molecular complexity index is 655. The van der Waals surface area contributed by atoms with Crippen LogP contribution in [0.1, 0.15) is 28.9 Å². The van der Waals surface area contributed by atoms with Gasteiger partial charge in [0.15, 0.2) is 6.04 Å². The molecule has 0 bridgehead atoms. The van der Waals surface area contributed by atoms with Crippen LogP contribution >= 0.6 is 0 Å². The van der Waals surface area contributed by atoms with E-state index in [1.54, 1.807) is 54.6 Å². The molecule has 5 nitrogen and oxygen atoms in total. The van der Waals surface area contributed by atoms with Crippen LogP contribution in [0.4, 0.5) is 0 Å². The number of carboxylic acid groups (broad SMARTS) is 1. The van der Waals surface area contributed by atoms with Gasteiger partial charge < -0.3 is 15.2 Å². The zero-order valence-electron chi connectivity index (χ0n) is 12.2. The van der Waals surface area contributed by atoms with Gasteiger partial charge in [-0.05, 0) is 24.6 Å². The molecule has 0 aliphatic carbocycles. The second-order valence-electron chi connectivity index (χ2n) is 4.58. The Labute approximate surface area is 128 Å². The Hall–Kier alpha value is -2.82. The van der Waals surface area contributed by atoms with Gasteiger partial charge >= 0.3 is 5.97 Å². The Morgan fingerprint density at radius 1 is 1.09 bits per heavy atom. The van der Waals surface area contributed by atoms with Gasteiger partial charge in [0.25, 0.3) is 5.91 Å². The minimum atomic E-state index is -1.12. The first-order valence-electron chi connectivity index (χ1n) is 6.94. The molecule has 0 fully saturated rings. The average molecular weight is 299 g/mol. The van der Waals surface area contributed by atoms with E-state index < -0.39 is 17.9 Å². The third kappa shape index (κ3) is 3.63. The zero-order chi connectivity index (χ0) is 15.9. The summed E-state index contributed by atoms with van der Waals surface area (Å²) in [7, 11) is 0. The highest BCUT2D eigenvalue weighted by atomic mass is 16.5. The highest BCUT2D eigenvalue weighted by molar-refractivity contribution is 5.99. The van der Waals surface area contributed by atoms with Crippen molar-refractivity contribution in [1.82, 2.24) is 5.32 Å². The molecule has 0 aliphatic heterocycles. The molecular formula is C17H17NO4. The second-order valence-corrected chi connectivity index (χ2v) is 4.58. The number of ether oxygens (including phenoxy) is 1. The van der Waals surface area contributed by atoms with Gasteiger partial charge in [-0.2, -0.15) is 0 Å². The predicted molar refractivity (Wildman–Crippen MR) is 81.9 cm³/mol. The molecule has 2 aromatic rings. The van der Waals surface area contributed by atoms with Gasteiger partial charge in [-0.25, -0.2) is 4.79 Å². The van der Waals surface area contributed by atoms with Gasteiger partial charge in [-0.3, -0.25) is 4.79 Å². The Morgan fingerprint density at radius 3 is 2.36 bits per heavy atom. The fourth-order valence-electron chi connectivity index (χ4n) is 2.08. The summed E-state index contributed by atoms with van der Waals surface area (Å²) in [5.74, 6) is -1.17. The second kappa shape index (κ2) is 7.26. The van der Waals surface area contributed by atoms with E-state index in [9.17, 15) is 14.7 Å². The van der Waals surface area contributed by atoms with Crippen molar-refractivity contribution < 1.29 is 19.4 Å². The molecule has 0 saturated carbocycles. The lowest BCUT2D eigenvalue weighted by Crippen LogP contribution is -2.34. The lowest BCUT2D eigenvalue weighted by atomic mass is 10.1. The van der Waals surface area contributed by atoms with Crippen LogP contribution in [-0.2, 0) is 4.79 Å². The zero-order valence-corrected chi connectivity index (χ0v) is 12.2. The van der Waals surface area contributed by atoms with Crippen LogP contribution in [-0.4, -0.2) is 23.6 Å². The molecule has 0 radical (unpaired) electrons. The molecular weight excluding hydrogens is 282 g/mol. The summed E-state index contributed by atoms with van der Waals surface area (Å²) in [6, 6.07) is 14.2. The summed E-state index contributed by atoms with van der Waals surface area (Å²) in [6.07, 6.45) is 0. The van der Waals surface area contributed by atoms with Gasteiger partial charge in [0.1, 0.15) is 5.75 Å². The third-order valence-electron chi connectivity index (χ3n) is 3.09. The van der Waals surface area contributed by atoms with E-state index in [0.717, 1.165) is 0 Å². The number of hydrogen-bond donors (Lipinski definition) is 2. The number of amides is 1. The van der Waals surface area contributed by atoms with Crippen LogP contribution in [0.5, 0.6) is 5.75 Å². The van der Waals surface area contributed by atoms with E-state index >= 15 is 0 Å². The lowest BCUT2D eigenvalue weighted by molar-refractivity contribution is -0.139. The quantitative estimate of drug-likeness (QED) is 0.859. The van der Waals surface area contributed by atoms with Gasteiger partial charge in [-0.1, -0.05) is 42.5 Å². The molecule has 5 heteroatoms. The molecule has 114 valence electrons. The standard InChI is InChI=1S/C17H17NO4/c1-2-22-14-11-7-6-10-13(14)16(19)18-15(17(20)21)12-8-4-3-5-9-12/h3-11,15H,2H2,1H3,(H,18,19)(H,20,21). The largest absolute Gasteiger partial charge is 0.493 e. The van der Waals surface area contributed by atoms with Crippen LogP contribution < -0.4 is 10.1 Å². The monoisotopic (exact) mass is 299 g/mol. The molecule has 0 saturated heterocycles. The fraction of sp³-hybridized carbons (Fsp3) is 0.176. The molecule has 2 aromatic carbocycles. The minimum Gasteiger partial charge on any atom is -0.493 e. The number of carbonyl (C=O) groups excluding carboxylic acids is 1. The Balaban J connectivity index is 2.24. The minimum absolute atomic E-state index is 0.312. The summed E-state index contributed by atoms with van der Waals surface area (Å²) < 4.78 is 5.40. The van der Waals surface area contributed by atoms with E-state index in [1.807, 2.05) is 6.92 Å². The highest BCUT2D eigenvalue weighted by Gasteiger charge is 2.23. The summed E-state index contributed by atoms with van der Waals surface area (Å²) >= 11 is 0. The van der Waals surface area contributed by atoms with Crippen LogP contribution in [0.25, 0.3) is 0 Å². The molecule has 0 heterocycles. The van der Waals surface area contributed by atoms with Gasteiger partial charge in [0.2, 0.25) is 0 Å². The molecule has 0 aliphatic rings. The van der Waals surface area contributed by atoms with Crippen molar-refractivity contribution in [2.45, 2.75) is 13.0 Å². The molecule has 1 atom stereocenters. The van der Waals surface area contributed by atoms with Crippen molar-refractivity contribution >= 4 is 11.9 Å². The molecule has 0 aromatic heterocycles. The van der Waals surface area contributed by atoms with E-state index in [0.29, 0.717) is 23.5 Å². The number of hydrogen-bond acceptors (Lipinski definition) is 3. The normalized spacial score (nSPS) is 11.5. The number of benzene rings is 2. The summed E-state index contributed by atoms with van der Waals surface area (Å²) in [4.78, 5) is 23.8. The number of rotatable bonds is 6. The molecule has 1 unspecified atom stereocenters. The maximum absolute atomic E-state index is 12.4. The van der Waals surface area contributed by atoms with Crippen molar-refractivity contribution in [3.63, 3.8) is 0 Å². The van der Waals surface area contributed by atoms with Gasteiger partial charge in [-0.15, -0.1) is 0 Å². The topological polar surface area (TPSA) is 75.6 Å². The Kier molecular flexibility index (Phi) is 5.14. The number of para-hydroxylation sites is 1. The maximum Gasteiger partial charge on any atom is 0.330 e. The summed E-state index contributed by atoms with van der Waals surface area (Å²) in [5.41, 5.74) is 0.823. The maximum atomic E-state index is 12.4. The van der Waals surface area contributed by atoms with E-state index in [-0.39, 0.29) is 0 Å². The van der Waals surface area contributed by atoms with E-state index in [1.165, 1.54) is 0 Å². The summed E-state index contributed by atoms with van der Waals surface area (Å²) in [5, 5.41) is 11.9. The van der Waals surface area contributed by atoms with Crippen molar-refractivity contribution in [3.05, 3.63) is 65.7 Å². The van der Waals surface area contributed by atoms with E-state index in [2.05, 4.69) is 5.32 Å². The molecule has 0 spiro atoms. The lowest BCUT2D eigenvalue weighted by Gasteiger charge is -2.16. The van der Waals surface area contributed by atoms with E-state index in [4.69, 9.17) is 4.74 Å². The first-order valence-corrected chi connectivity index (χ1v) is 6.94. The van der Waals surface area contributed by atoms with Crippen LogP contribution in [0, 0.1) is 0 Å². The van der Waals surface area contributed by atoms with Crippen LogP contribution in [0.2, 0.25) is 0 Å². The molecule has 1 amide bonds. The smallest absolute Gasteiger partial charge is 0.330 e. The highest BCUT2D eigenvalue weighted by Crippen LogP contribution is 2.20. The fourth-order valence-corrected chi connectivity index (χ4v) is 2.08. The van der Waals surface area contributed by atoms with Crippen LogP contribution in [0.15, 0.2) is 54.6 Å². The van der Waals surface area contributed by atoms with Crippen molar-refractivity contribution in [1.29, 1.82) is 0 Å². The number of carboxylic acids is 1. The number of aliphatic carboxylic acids is 1. The third-order valence-corrected chi connectivity index (χ3v) is 3.09. The van der Waals surface area contributed by atoms with Crippen molar-refractivity contribution in [2.24, 2.45) is 0 Å². The average Bonchev–Trinajstić information content (AvgIpc) is 2.54. The first kappa shape index (κ1) is 15.6. The molecule has 22 heavy (non-hydrogen) atoms. The molecule has 2 rings (SSSR count). The first-order chi connectivity index (χ1) is 10.6. The predicted octanol–water partition coefficient (Wildman–Crippen LogP) is 2.64. The Morgan fingerprint density at radius 2 is 1.73 bits per heavy atom. The number of carbonyl (C=O) groups is 2. The van der Waals surface area contributed by atoms with Crippen LogP contribution in [0.3, 0.4) is 0 Å². The number of nitrogens with one attached hydrogen (secondary N) is 1. The van der Waals surface area contributed by atoms with Gasteiger partial charge in [0, 0.05) is 0 Å². The van der Waals surface area contributed by atoms with Crippen molar-refractivity contribution in [3.8, 4) is 5.75 Å². The van der Waals surface area contributed by atoms with Gasteiger partial charge in [0.05, 0.1) is 12.2 Å². The SMILES string of the molecule is CCOc1ccccc1C(=O)NC(C(=O)O)c1ccccc1. The molecule has 2 N–H and O–H groups in total. The summed E-state index contributed by atoms with van der Waals surface area (Å²) in [6.45, 7) is 2.24. The van der Waals surface area contributed by atoms with Crippen molar-refractivity contribution in [2.75, 3.05) is 6.61 Å².